The Balaban J connectivity index is -0.0000000275. The average molecular weight is 77.2 g/mol. The third kappa shape index (κ3) is 0. The Morgan fingerprint density at radius 1 is 1.20 bits per heavy atom. The topological polar surface area (TPSA) is 0 Å². The highest BCUT2D eigenvalue weighted by molar-refractivity contribution is 3.92. The summed E-state index contributed by atoms with van der Waals surface area (Å²) < 4.78 is 0. The minimum Gasteiger partial charge on any atom is -0.0683 e. The predicted octanol–water partition coefficient (Wildman–Crippen LogP) is 2.69. The summed E-state index contributed by atoms with van der Waals surface area (Å²) in [5.74, 6) is 0. The van der Waals surface area contributed by atoms with Gasteiger partial charge in [-0.3, -0.25) is 0 Å². The lowest BCUT2D eigenvalue weighted by molar-refractivity contribution is 1.09. The van der Waals surface area contributed by atoms with Crippen LogP contribution < -0.4 is 0 Å². The first-order chi connectivity index (χ1) is 2.41. The predicted molar refractivity (Wildman–Crippen MR) is 29.4 cm³/mol. The highest BCUT2D eigenvalue weighted by Crippen LogP contribution is 1.56. The van der Waals surface area contributed by atoms with Crippen molar-refractivity contribution >= 4 is 0 Å². The van der Waals surface area contributed by atoms with Crippen molar-refractivity contribution < 1.29 is 1.43 Å². The third-order valence-corrected chi connectivity index (χ3v) is 0. The molecule has 0 rings (SSSR count). The van der Waals surface area contributed by atoms with Crippen molar-refractivity contribution in [1.82, 2.24) is 0 Å². The second-order valence-electron chi connectivity index (χ2n) is 0.707. The Kier molecular flexibility index (Phi) is 64.0. The SMILES string of the molecule is CC.CCC.[2HH]. The average Bonchev–Trinajstić information content (AvgIpc) is 1.46. The summed E-state index contributed by atoms with van der Waals surface area (Å²) in [5.41, 5.74) is 0. The molecule has 0 heterocycles. The van der Waals surface area contributed by atoms with Crippen LogP contribution in [0.15, 0.2) is 0 Å². The van der Waals surface area contributed by atoms with Crippen molar-refractivity contribution in [3.8, 4) is 0 Å². The molecule has 0 heteroatoms. The van der Waals surface area contributed by atoms with Crippen LogP contribution in [0, 0.1) is 0 Å². The Labute approximate surface area is 36.7 Å². The largest absolute Gasteiger partial charge is 0.0683 e. The van der Waals surface area contributed by atoms with Gasteiger partial charge in [-0.1, -0.05) is 34.1 Å². The molecule has 0 bridgehead atoms. The highest BCUT2D eigenvalue weighted by Gasteiger charge is 1.35. The molecule has 0 spiro atoms. The van der Waals surface area contributed by atoms with Gasteiger partial charge in [0.15, 0.2) is 0 Å². The molecule has 0 aromatic heterocycles. The molecule has 36 valence electrons. The maximum atomic E-state index is 2.12. The van der Waals surface area contributed by atoms with Gasteiger partial charge in [0.1, 0.15) is 0 Å². The van der Waals surface area contributed by atoms with E-state index in [1.54, 1.807) is 0 Å². The summed E-state index contributed by atoms with van der Waals surface area (Å²) in [6, 6.07) is 0. The molecule has 0 aromatic carbocycles. The molecule has 0 nitrogen and oxygen atoms in total. The summed E-state index contributed by atoms with van der Waals surface area (Å²) in [6.45, 7) is 8.25. The molecule has 0 atom stereocenters. The van der Waals surface area contributed by atoms with Gasteiger partial charge in [0.2, 0.25) is 0 Å². The van der Waals surface area contributed by atoms with Crippen molar-refractivity contribution in [1.29, 1.82) is 0 Å². The highest BCUT2D eigenvalue weighted by atomic mass is 13.4. The fourth-order valence-electron chi connectivity index (χ4n) is 0. The standard InChI is InChI=1S/C3H8.C2H6.H2/c1-3-2;1-2;/h3H2,1-2H3;1-2H3;1H/i;;1+1. The molecule has 0 radical (unpaired) electrons. The fourth-order valence-corrected chi connectivity index (χ4v) is 0. The number of rotatable bonds is 0. The van der Waals surface area contributed by atoms with E-state index in [1.165, 1.54) is 6.42 Å². The zero-order chi connectivity index (χ0) is 4.71. The zero-order valence-corrected chi connectivity index (χ0v) is 4.71. The zero-order valence-electron chi connectivity index (χ0n) is 4.71. The van der Waals surface area contributed by atoms with Crippen molar-refractivity contribution in [2.45, 2.75) is 34.1 Å². The maximum absolute atomic E-state index is 2.12. The normalized spacial score (nSPS) is 4.80. The van der Waals surface area contributed by atoms with Crippen molar-refractivity contribution in [2.24, 2.45) is 0 Å². The first kappa shape index (κ1) is 8.89. The van der Waals surface area contributed by atoms with E-state index in [4.69, 9.17) is 0 Å². The van der Waals surface area contributed by atoms with Gasteiger partial charge in [-0.05, 0) is 0 Å². The Morgan fingerprint density at radius 3 is 1.20 bits per heavy atom. The Bertz CT molecular complexity index is 3.90. The Hall–Kier alpha value is 0. The molecule has 0 aromatic rings. The smallest absolute Gasteiger partial charge is 0 e. The lowest BCUT2D eigenvalue weighted by Crippen LogP contribution is -1.27. The van der Waals surface area contributed by atoms with Crippen LogP contribution in [-0.4, -0.2) is 0 Å². The summed E-state index contributed by atoms with van der Waals surface area (Å²) >= 11 is 0. The van der Waals surface area contributed by atoms with E-state index in [0.29, 0.717) is 0 Å². The number of hydrogen-bond donors (Lipinski definition) is 0. The maximum Gasteiger partial charge on any atom is 0 e. The van der Waals surface area contributed by atoms with Crippen LogP contribution in [0.5, 0.6) is 0 Å². The molecule has 0 saturated heterocycles. The van der Waals surface area contributed by atoms with Crippen LogP contribution >= 0.6 is 0 Å². The molecule has 0 aliphatic heterocycles. The van der Waals surface area contributed by atoms with Gasteiger partial charge in [0.25, 0.3) is 0 Å². The minimum absolute atomic E-state index is 0. The van der Waals surface area contributed by atoms with Gasteiger partial charge in [-0.25, -0.2) is 0 Å². The summed E-state index contributed by atoms with van der Waals surface area (Å²) in [5, 5.41) is 0. The van der Waals surface area contributed by atoms with Crippen LogP contribution in [0.3, 0.4) is 0 Å². The lowest BCUT2D eigenvalue weighted by Gasteiger charge is -1.48. The molecule has 0 aliphatic rings. The molecule has 0 saturated carbocycles. The molecule has 0 N–H and O–H groups in total. The first-order valence-corrected chi connectivity index (χ1v) is 2.41. The third-order valence-electron chi connectivity index (χ3n) is 0. The van der Waals surface area contributed by atoms with Crippen LogP contribution in [0.25, 0.3) is 0 Å². The van der Waals surface area contributed by atoms with Gasteiger partial charge in [0, 0.05) is 1.43 Å². The first-order valence-electron chi connectivity index (χ1n) is 2.41. The van der Waals surface area contributed by atoms with Crippen LogP contribution in [0.2, 0.25) is 0 Å². The second-order valence-corrected chi connectivity index (χ2v) is 0.707. The van der Waals surface area contributed by atoms with Gasteiger partial charge < -0.3 is 0 Å². The second kappa shape index (κ2) is 36.0. The molecular formula is C5H16. The van der Waals surface area contributed by atoms with Gasteiger partial charge >= 0.3 is 0 Å². The molecule has 0 fully saturated rings. The summed E-state index contributed by atoms with van der Waals surface area (Å²) in [7, 11) is 0. The Morgan fingerprint density at radius 2 is 1.20 bits per heavy atom. The van der Waals surface area contributed by atoms with E-state index >= 15 is 0 Å². The van der Waals surface area contributed by atoms with E-state index < -0.39 is 0 Å². The fraction of sp³-hybridized carbons (Fsp3) is 1.00. The van der Waals surface area contributed by atoms with E-state index in [0.717, 1.165) is 0 Å². The molecule has 0 aliphatic carbocycles. The monoisotopic (exact) mass is 77.1 g/mol. The summed E-state index contributed by atoms with van der Waals surface area (Å²) in [6.07, 6.45) is 1.25. The lowest BCUT2D eigenvalue weighted by atomic mass is 10.6. The van der Waals surface area contributed by atoms with Crippen LogP contribution in [-0.2, 0) is 0 Å². The quantitative estimate of drug-likeness (QED) is 0.417. The number of hydrogen-bond acceptors (Lipinski definition) is 0. The summed E-state index contributed by atoms with van der Waals surface area (Å²) in [4.78, 5) is 0. The van der Waals surface area contributed by atoms with Gasteiger partial charge in [-0.2, -0.15) is 0 Å². The van der Waals surface area contributed by atoms with E-state index in [9.17, 15) is 0 Å². The van der Waals surface area contributed by atoms with Crippen molar-refractivity contribution in [3.05, 3.63) is 0 Å². The molecule has 5 heavy (non-hydrogen) atoms. The van der Waals surface area contributed by atoms with Crippen LogP contribution in [0.4, 0.5) is 0 Å². The van der Waals surface area contributed by atoms with E-state index in [1.807, 2.05) is 13.8 Å². The molecular weight excluding hydrogens is 60.1 g/mol. The van der Waals surface area contributed by atoms with Crippen LogP contribution in [0.1, 0.15) is 35.5 Å². The molecule has 0 unspecified atom stereocenters. The van der Waals surface area contributed by atoms with Crippen molar-refractivity contribution in [2.75, 3.05) is 0 Å². The molecule has 0 amide bonds. The van der Waals surface area contributed by atoms with E-state index in [-0.39, 0.29) is 1.43 Å². The van der Waals surface area contributed by atoms with Gasteiger partial charge in [-0.15, -0.1) is 0 Å². The van der Waals surface area contributed by atoms with Gasteiger partial charge in [0.05, 0.1) is 0 Å². The van der Waals surface area contributed by atoms with E-state index in [2.05, 4.69) is 13.8 Å². The minimum atomic E-state index is 0. The van der Waals surface area contributed by atoms with Crippen molar-refractivity contribution in [3.63, 3.8) is 0 Å².